The Kier molecular flexibility index (Phi) is 5.79. The molecule has 3 rings (SSSR count). The molecule has 5 nitrogen and oxygen atoms in total. The molecule has 1 aliphatic heterocycles. The molecule has 3 amide bonds. The van der Waals surface area contributed by atoms with Crippen LogP contribution in [0.4, 0.5) is 10.1 Å². The molecule has 0 spiro atoms. The standard InChI is InChI=1S/C21H20ClFN2O3/c1-3-13(2)24(20(27)14-4-8-16(23)9-5-14)18-12-19(26)25(21(18)28)17-10-6-15(22)7-11-17/h4-11,13,18H,3,12H2,1-2H3. The lowest BCUT2D eigenvalue weighted by Crippen LogP contribution is -2.49. The number of benzene rings is 2. The zero-order valence-electron chi connectivity index (χ0n) is 15.6. The van der Waals surface area contributed by atoms with Gasteiger partial charge in [-0.15, -0.1) is 0 Å². The van der Waals surface area contributed by atoms with Crippen molar-refractivity contribution in [2.75, 3.05) is 4.90 Å². The summed E-state index contributed by atoms with van der Waals surface area (Å²) in [5.41, 5.74) is 0.687. The van der Waals surface area contributed by atoms with Crippen LogP contribution in [0.25, 0.3) is 0 Å². The Hall–Kier alpha value is -2.73. The third-order valence-electron chi connectivity index (χ3n) is 4.93. The van der Waals surface area contributed by atoms with E-state index in [9.17, 15) is 18.8 Å². The van der Waals surface area contributed by atoms with Crippen molar-refractivity contribution in [3.05, 3.63) is 64.9 Å². The van der Waals surface area contributed by atoms with Crippen molar-refractivity contribution in [1.82, 2.24) is 4.90 Å². The minimum Gasteiger partial charge on any atom is -0.323 e. The average Bonchev–Trinajstić information content (AvgIpc) is 2.97. The molecule has 2 unspecified atom stereocenters. The zero-order chi connectivity index (χ0) is 20.4. The first-order chi connectivity index (χ1) is 13.3. The van der Waals surface area contributed by atoms with Crippen molar-refractivity contribution in [1.29, 1.82) is 0 Å². The van der Waals surface area contributed by atoms with Crippen LogP contribution in [0.5, 0.6) is 0 Å². The maximum Gasteiger partial charge on any atom is 0.257 e. The summed E-state index contributed by atoms with van der Waals surface area (Å²) in [6.07, 6.45) is 0.505. The summed E-state index contributed by atoms with van der Waals surface area (Å²) in [5, 5.41) is 0.493. The number of carbonyl (C=O) groups excluding carboxylic acids is 3. The van der Waals surface area contributed by atoms with E-state index in [0.29, 0.717) is 17.1 Å². The number of hydrogen-bond donors (Lipinski definition) is 0. The van der Waals surface area contributed by atoms with E-state index in [-0.39, 0.29) is 23.9 Å². The number of rotatable bonds is 5. The van der Waals surface area contributed by atoms with Gasteiger partial charge in [-0.2, -0.15) is 0 Å². The van der Waals surface area contributed by atoms with E-state index >= 15 is 0 Å². The van der Waals surface area contributed by atoms with Crippen LogP contribution in [0, 0.1) is 5.82 Å². The van der Waals surface area contributed by atoms with Crippen LogP contribution in [0.1, 0.15) is 37.0 Å². The lowest BCUT2D eigenvalue weighted by molar-refractivity contribution is -0.122. The van der Waals surface area contributed by atoms with Crippen molar-refractivity contribution >= 4 is 35.0 Å². The molecule has 0 radical (unpaired) electrons. The highest BCUT2D eigenvalue weighted by molar-refractivity contribution is 6.31. The molecule has 146 valence electrons. The molecule has 2 aromatic rings. The molecule has 1 fully saturated rings. The van der Waals surface area contributed by atoms with Crippen LogP contribution in [0.3, 0.4) is 0 Å². The SMILES string of the molecule is CCC(C)N(C(=O)c1ccc(F)cc1)C1CC(=O)N(c2ccc(Cl)cc2)C1=O. The Morgan fingerprint density at radius 2 is 1.79 bits per heavy atom. The minimum atomic E-state index is -0.907. The summed E-state index contributed by atoms with van der Waals surface area (Å²) in [6, 6.07) is 10.4. The lowest BCUT2D eigenvalue weighted by Gasteiger charge is -2.33. The molecule has 0 bridgehead atoms. The molecule has 0 aliphatic carbocycles. The van der Waals surface area contributed by atoms with Crippen molar-refractivity contribution in [3.63, 3.8) is 0 Å². The van der Waals surface area contributed by atoms with E-state index in [1.54, 1.807) is 24.3 Å². The molecule has 1 saturated heterocycles. The van der Waals surface area contributed by atoms with Crippen molar-refractivity contribution in [2.24, 2.45) is 0 Å². The summed E-state index contributed by atoms with van der Waals surface area (Å²) < 4.78 is 13.2. The fourth-order valence-corrected chi connectivity index (χ4v) is 3.41. The van der Waals surface area contributed by atoms with Gasteiger partial charge in [-0.1, -0.05) is 18.5 Å². The number of amides is 3. The number of nitrogens with zero attached hydrogens (tertiary/aromatic N) is 2. The van der Waals surface area contributed by atoms with Gasteiger partial charge < -0.3 is 4.90 Å². The van der Waals surface area contributed by atoms with Crippen LogP contribution in [-0.2, 0) is 9.59 Å². The number of carbonyl (C=O) groups is 3. The highest BCUT2D eigenvalue weighted by Gasteiger charge is 2.45. The molecule has 2 atom stereocenters. The van der Waals surface area contributed by atoms with E-state index in [4.69, 9.17) is 11.6 Å². The topological polar surface area (TPSA) is 57.7 Å². The first-order valence-corrected chi connectivity index (χ1v) is 9.42. The first-order valence-electron chi connectivity index (χ1n) is 9.04. The van der Waals surface area contributed by atoms with E-state index in [1.807, 2.05) is 13.8 Å². The number of anilines is 1. The Bertz CT molecular complexity index is 899. The Labute approximate surface area is 167 Å². The van der Waals surface area contributed by atoms with Crippen LogP contribution < -0.4 is 4.90 Å². The molecule has 2 aromatic carbocycles. The maximum atomic E-state index is 13.2. The first kappa shape index (κ1) is 20.0. The average molecular weight is 403 g/mol. The normalized spacial score (nSPS) is 17.7. The number of imide groups is 1. The second kappa shape index (κ2) is 8.10. The third kappa shape index (κ3) is 3.78. The van der Waals surface area contributed by atoms with Gasteiger partial charge in [0.1, 0.15) is 11.9 Å². The van der Waals surface area contributed by atoms with Gasteiger partial charge in [0.15, 0.2) is 0 Å². The maximum absolute atomic E-state index is 13.2. The summed E-state index contributed by atoms with van der Waals surface area (Å²) in [4.78, 5) is 41.3. The Morgan fingerprint density at radius 1 is 1.18 bits per heavy atom. The van der Waals surface area contributed by atoms with Gasteiger partial charge in [-0.3, -0.25) is 14.4 Å². The van der Waals surface area contributed by atoms with Crippen molar-refractivity contribution in [3.8, 4) is 0 Å². The molecular weight excluding hydrogens is 383 g/mol. The Balaban J connectivity index is 1.93. The second-order valence-electron chi connectivity index (χ2n) is 6.74. The molecule has 28 heavy (non-hydrogen) atoms. The van der Waals surface area contributed by atoms with Crippen LogP contribution in [0.2, 0.25) is 5.02 Å². The van der Waals surface area contributed by atoms with Crippen molar-refractivity contribution in [2.45, 2.75) is 38.8 Å². The third-order valence-corrected chi connectivity index (χ3v) is 5.19. The summed E-state index contributed by atoms with van der Waals surface area (Å²) in [6.45, 7) is 3.72. The molecule has 0 saturated carbocycles. The number of hydrogen-bond acceptors (Lipinski definition) is 3. The van der Waals surface area contributed by atoms with Crippen LogP contribution in [0.15, 0.2) is 48.5 Å². The molecule has 1 heterocycles. The molecule has 7 heteroatoms. The molecule has 1 aliphatic rings. The predicted molar refractivity (Wildman–Crippen MR) is 105 cm³/mol. The van der Waals surface area contributed by atoms with Gasteiger partial charge in [-0.25, -0.2) is 9.29 Å². The molecule has 0 aromatic heterocycles. The Morgan fingerprint density at radius 3 is 2.36 bits per heavy atom. The highest BCUT2D eigenvalue weighted by Crippen LogP contribution is 2.29. The van der Waals surface area contributed by atoms with Gasteiger partial charge in [0.05, 0.1) is 12.1 Å². The van der Waals surface area contributed by atoms with E-state index in [0.717, 1.165) is 4.90 Å². The summed E-state index contributed by atoms with van der Waals surface area (Å²) >= 11 is 5.88. The highest BCUT2D eigenvalue weighted by atomic mass is 35.5. The minimum absolute atomic E-state index is 0.0985. The van der Waals surface area contributed by atoms with Crippen LogP contribution >= 0.6 is 11.6 Å². The molecule has 0 N–H and O–H groups in total. The zero-order valence-corrected chi connectivity index (χ0v) is 16.3. The second-order valence-corrected chi connectivity index (χ2v) is 7.18. The van der Waals surface area contributed by atoms with E-state index in [2.05, 4.69) is 0 Å². The van der Waals surface area contributed by atoms with Crippen molar-refractivity contribution < 1.29 is 18.8 Å². The van der Waals surface area contributed by atoms with Gasteiger partial charge in [-0.05, 0) is 61.9 Å². The van der Waals surface area contributed by atoms with Gasteiger partial charge in [0.25, 0.3) is 11.8 Å². The van der Waals surface area contributed by atoms with E-state index in [1.165, 1.54) is 29.2 Å². The van der Waals surface area contributed by atoms with Crippen LogP contribution in [-0.4, -0.2) is 34.7 Å². The van der Waals surface area contributed by atoms with Gasteiger partial charge in [0.2, 0.25) is 5.91 Å². The van der Waals surface area contributed by atoms with E-state index < -0.39 is 23.7 Å². The number of halogens is 2. The fourth-order valence-electron chi connectivity index (χ4n) is 3.28. The fraction of sp³-hybridized carbons (Fsp3) is 0.286. The quantitative estimate of drug-likeness (QED) is 0.709. The smallest absolute Gasteiger partial charge is 0.257 e. The largest absolute Gasteiger partial charge is 0.323 e. The molecular formula is C21H20ClFN2O3. The summed E-state index contributed by atoms with van der Waals surface area (Å²) in [7, 11) is 0. The monoisotopic (exact) mass is 402 g/mol. The van der Waals surface area contributed by atoms with Gasteiger partial charge in [0, 0.05) is 16.6 Å². The van der Waals surface area contributed by atoms with Gasteiger partial charge >= 0.3 is 0 Å². The predicted octanol–water partition coefficient (Wildman–Crippen LogP) is 4.05. The lowest BCUT2D eigenvalue weighted by atomic mass is 10.1. The summed E-state index contributed by atoms with van der Waals surface area (Å²) in [5.74, 6) is -1.69.